The van der Waals surface area contributed by atoms with E-state index < -0.39 is 0 Å². The highest BCUT2D eigenvalue weighted by molar-refractivity contribution is 5.20. The molecule has 0 N–H and O–H groups in total. The predicted octanol–water partition coefficient (Wildman–Crippen LogP) is 1.90. The quantitative estimate of drug-likeness (QED) is 0.464. The van der Waals surface area contributed by atoms with Crippen molar-refractivity contribution in [3.05, 3.63) is 12.7 Å². The first-order valence-electron chi connectivity index (χ1n) is 4.53. The molecule has 2 rings (SSSR count). The predicted molar refractivity (Wildman–Crippen MR) is 47.1 cm³/mol. The Labute approximate surface area is 73.5 Å². The summed E-state index contributed by atoms with van der Waals surface area (Å²) in [6, 6.07) is 0. The standard InChI is InChI=1S/C10H16O2/c1-4-10(11-3)7-5-6-9(2)8(10)12-9/h4,8H,1,5-7H2,2-3H3/t8-,9-,10+/m0/s1. The molecule has 0 aromatic carbocycles. The van der Waals surface area contributed by atoms with Gasteiger partial charge in [0.05, 0.1) is 5.60 Å². The van der Waals surface area contributed by atoms with Crippen molar-refractivity contribution in [1.29, 1.82) is 0 Å². The monoisotopic (exact) mass is 168 g/mol. The summed E-state index contributed by atoms with van der Waals surface area (Å²) in [5.41, 5.74) is -0.116. The van der Waals surface area contributed by atoms with Crippen LogP contribution in [0.2, 0.25) is 0 Å². The van der Waals surface area contributed by atoms with Crippen molar-refractivity contribution in [2.45, 2.75) is 43.5 Å². The van der Waals surface area contributed by atoms with Crippen LogP contribution in [0, 0.1) is 0 Å². The van der Waals surface area contributed by atoms with Gasteiger partial charge in [0.2, 0.25) is 0 Å². The topological polar surface area (TPSA) is 21.8 Å². The molecule has 2 heteroatoms. The van der Waals surface area contributed by atoms with E-state index in [2.05, 4.69) is 13.5 Å². The van der Waals surface area contributed by atoms with Gasteiger partial charge in [0.25, 0.3) is 0 Å². The molecular weight excluding hydrogens is 152 g/mol. The third-order valence-electron chi connectivity index (χ3n) is 3.29. The highest BCUT2D eigenvalue weighted by Gasteiger charge is 2.64. The summed E-state index contributed by atoms with van der Waals surface area (Å²) in [7, 11) is 1.75. The van der Waals surface area contributed by atoms with Crippen LogP contribution in [0.4, 0.5) is 0 Å². The number of ether oxygens (including phenoxy) is 2. The number of epoxide rings is 1. The molecule has 0 radical (unpaired) electrons. The lowest BCUT2D eigenvalue weighted by molar-refractivity contribution is -0.00331. The van der Waals surface area contributed by atoms with Crippen LogP contribution in [0.15, 0.2) is 12.7 Å². The van der Waals surface area contributed by atoms with Crippen molar-refractivity contribution in [3.63, 3.8) is 0 Å². The fourth-order valence-corrected chi connectivity index (χ4v) is 2.39. The molecule has 2 nitrogen and oxygen atoms in total. The molecule has 0 unspecified atom stereocenters. The van der Waals surface area contributed by atoms with Gasteiger partial charge < -0.3 is 9.47 Å². The summed E-state index contributed by atoms with van der Waals surface area (Å²) in [6.45, 7) is 5.99. The number of methoxy groups -OCH3 is 1. The van der Waals surface area contributed by atoms with Gasteiger partial charge in [0.1, 0.15) is 11.7 Å². The Balaban J connectivity index is 2.21. The Bertz CT molecular complexity index is 214. The minimum atomic E-state index is -0.201. The van der Waals surface area contributed by atoms with Crippen LogP contribution in [0.5, 0.6) is 0 Å². The molecule has 1 heterocycles. The van der Waals surface area contributed by atoms with Crippen molar-refractivity contribution in [2.24, 2.45) is 0 Å². The molecule has 0 bridgehead atoms. The highest BCUT2D eigenvalue weighted by Crippen LogP contribution is 2.53. The fourth-order valence-electron chi connectivity index (χ4n) is 2.39. The van der Waals surface area contributed by atoms with Crippen LogP contribution in [-0.2, 0) is 9.47 Å². The summed E-state index contributed by atoms with van der Waals surface area (Å²) >= 11 is 0. The van der Waals surface area contributed by atoms with Gasteiger partial charge >= 0.3 is 0 Å². The van der Waals surface area contributed by atoms with Crippen molar-refractivity contribution in [2.75, 3.05) is 7.11 Å². The van der Waals surface area contributed by atoms with E-state index in [1.165, 1.54) is 6.42 Å². The molecule has 1 saturated heterocycles. The Morgan fingerprint density at radius 2 is 2.33 bits per heavy atom. The molecule has 0 spiro atoms. The average Bonchev–Trinajstić information content (AvgIpc) is 2.76. The minimum Gasteiger partial charge on any atom is -0.371 e. The Kier molecular flexibility index (Phi) is 1.61. The molecule has 1 aliphatic carbocycles. The summed E-state index contributed by atoms with van der Waals surface area (Å²) in [5, 5.41) is 0. The second kappa shape index (κ2) is 2.33. The molecule has 3 atom stereocenters. The van der Waals surface area contributed by atoms with Gasteiger partial charge in [0, 0.05) is 7.11 Å². The van der Waals surface area contributed by atoms with E-state index in [0.717, 1.165) is 12.8 Å². The lowest BCUT2D eigenvalue weighted by atomic mass is 9.79. The van der Waals surface area contributed by atoms with E-state index in [-0.39, 0.29) is 17.3 Å². The molecule has 0 amide bonds. The zero-order valence-corrected chi connectivity index (χ0v) is 7.80. The van der Waals surface area contributed by atoms with Crippen LogP contribution in [0.3, 0.4) is 0 Å². The van der Waals surface area contributed by atoms with E-state index in [0.29, 0.717) is 0 Å². The first-order chi connectivity index (χ1) is 5.67. The van der Waals surface area contributed by atoms with Crippen LogP contribution in [0.1, 0.15) is 26.2 Å². The third-order valence-corrected chi connectivity index (χ3v) is 3.29. The molecule has 68 valence electrons. The van der Waals surface area contributed by atoms with E-state index in [1.807, 2.05) is 6.08 Å². The van der Waals surface area contributed by atoms with Crippen molar-refractivity contribution in [1.82, 2.24) is 0 Å². The molecule has 0 aromatic rings. The molecule has 1 saturated carbocycles. The third kappa shape index (κ3) is 0.882. The molecule has 2 aliphatic rings. The second-order valence-electron chi connectivity index (χ2n) is 4.03. The number of rotatable bonds is 2. The zero-order chi connectivity index (χ0) is 8.82. The summed E-state index contributed by atoms with van der Waals surface area (Å²) in [4.78, 5) is 0. The number of hydrogen-bond donors (Lipinski definition) is 0. The minimum absolute atomic E-state index is 0.0858. The van der Waals surface area contributed by atoms with Gasteiger partial charge in [-0.1, -0.05) is 6.08 Å². The maximum Gasteiger partial charge on any atom is 0.119 e. The lowest BCUT2D eigenvalue weighted by Crippen LogP contribution is -2.41. The zero-order valence-electron chi connectivity index (χ0n) is 7.80. The van der Waals surface area contributed by atoms with Crippen LogP contribution >= 0.6 is 0 Å². The smallest absolute Gasteiger partial charge is 0.119 e. The summed E-state index contributed by atoms with van der Waals surface area (Å²) in [6.07, 6.45) is 5.54. The maximum absolute atomic E-state index is 5.67. The van der Waals surface area contributed by atoms with Gasteiger partial charge in [0.15, 0.2) is 0 Å². The molecular formula is C10H16O2. The number of hydrogen-bond acceptors (Lipinski definition) is 2. The lowest BCUT2D eigenvalue weighted by Gasteiger charge is -2.32. The van der Waals surface area contributed by atoms with E-state index >= 15 is 0 Å². The molecule has 2 fully saturated rings. The average molecular weight is 168 g/mol. The summed E-state index contributed by atoms with van der Waals surface area (Å²) in [5.74, 6) is 0. The van der Waals surface area contributed by atoms with Crippen molar-refractivity contribution in [3.8, 4) is 0 Å². The van der Waals surface area contributed by atoms with Crippen molar-refractivity contribution < 1.29 is 9.47 Å². The van der Waals surface area contributed by atoms with E-state index in [4.69, 9.17) is 9.47 Å². The van der Waals surface area contributed by atoms with Crippen LogP contribution in [-0.4, -0.2) is 24.4 Å². The first-order valence-corrected chi connectivity index (χ1v) is 4.53. The first kappa shape index (κ1) is 8.27. The van der Waals surface area contributed by atoms with Crippen LogP contribution < -0.4 is 0 Å². The van der Waals surface area contributed by atoms with Gasteiger partial charge in [-0.15, -0.1) is 6.58 Å². The Morgan fingerprint density at radius 3 is 2.83 bits per heavy atom. The van der Waals surface area contributed by atoms with Gasteiger partial charge in [-0.2, -0.15) is 0 Å². The molecule has 12 heavy (non-hydrogen) atoms. The van der Waals surface area contributed by atoms with Gasteiger partial charge in [-0.05, 0) is 26.2 Å². The highest BCUT2D eigenvalue weighted by atomic mass is 16.6. The van der Waals surface area contributed by atoms with Crippen molar-refractivity contribution >= 4 is 0 Å². The Hall–Kier alpha value is -0.340. The SMILES string of the molecule is C=C[C@@]1(OC)CCC[C@]2(C)O[C@H]12. The normalized spacial score (nSPS) is 51.3. The molecule has 0 aromatic heterocycles. The second-order valence-corrected chi connectivity index (χ2v) is 4.03. The summed E-state index contributed by atoms with van der Waals surface area (Å²) < 4.78 is 11.2. The largest absolute Gasteiger partial charge is 0.371 e. The van der Waals surface area contributed by atoms with Crippen LogP contribution in [0.25, 0.3) is 0 Å². The van der Waals surface area contributed by atoms with E-state index in [9.17, 15) is 0 Å². The Morgan fingerprint density at radius 1 is 1.58 bits per heavy atom. The van der Waals surface area contributed by atoms with Gasteiger partial charge in [-0.3, -0.25) is 0 Å². The maximum atomic E-state index is 5.67. The number of fused-ring (bicyclic) bond motifs is 1. The fraction of sp³-hybridized carbons (Fsp3) is 0.800. The molecule has 1 aliphatic heterocycles. The van der Waals surface area contributed by atoms with Gasteiger partial charge in [-0.25, -0.2) is 0 Å². The van der Waals surface area contributed by atoms with E-state index in [1.54, 1.807) is 7.11 Å².